The lowest BCUT2D eigenvalue weighted by molar-refractivity contribution is 0.428. The van der Waals surface area contributed by atoms with Gasteiger partial charge in [0.1, 0.15) is 17.3 Å². The Hall–Kier alpha value is -2.35. The highest BCUT2D eigenvalue weighted by Gasteiger charge is 2.21. The van der Waals surface area contributed by atoms with Crippen LogP contribution in [0.5, 0.6) is 0 Å². The fourth-order valence-corrected chi connectivity index (χ4v) is 3.31. The van der Waals surface area contributed by atoms with E-state index < -0.39 is 0 Å². The van der Waals surface area contributed by atoms with E-state index in [0.717, 1.165) is 29.6 Å². The Morgan fingerprint density at radius 2 is 2.05 bits per heavy atom. The van der Waals surface area contributed by atoms with Crippen LogP contribution in [0, 0.1) is 11.3 Å². The zero-order valence-corrected chi connectivity index (χ0v) is 13.0. The predicted octanol–water partition coefficient (Wildman–Crippen LogP) is 2.57. The first kappa shape index (κ1) is 14.6. The maximum absolute atomic E-state index is 12.2. The molecule has 0 aliphatic heterocycles. The summed E-state index contributed by atoms with van der Waals surface area (Å²) >= 11 is 0. The van der Waals surface area contributed by atoms with E-state index >= 15 is 0 Å². The smallest absolute Gasteiger partial charge is 0.252 e. The monoisotopic (exact) mass is 296 g/mol. The molecule has 0 radical (unpaired) electrons. The lowest BCUT2D eigenvalue weighted by Crippen LogP contribution is -2.34. The largest absolute Gasteiger partial charge is 0.370 e. The summed E-state index contributed by atoms with van der Waals surface area (Å²) in [5.74, 6) is 0. The molecule has 0 atom stereocenters. The molecule has 2 heterocycles. The number of pyridine rings is 2. The van der Waals surface area contributed by atoms with Gasteiger partial charge in [-0.15, -0.1) is 0 Å². The summed E-state index contributed by atoms with van der Waals surface area (Å²) in [4.78, 5) is 18.9. The normalized spacial score (nSPS) is 15.7. The minimum absolute atomic E-state index is 0.0448. The van der Waals surface area contributed by atoms with Crippen LogP contribution in [-0.4, -0.2) is 22.6 Å². The van der Waals surface area contributed by atoms with Gasteiger partial charge in [-0.3, -0.25) is 4.79 Å². The number of aromatic nitrogens is 2. The van der Waals surface area contributed by atoms with E-state index in [4.69, 9.17) is 5.26 Å². The molecule has 1 fully saturated rings. The first-order valence-electron chi connectivity index (χ1n) is 7.75. The Morgan fingerprint density at radius 1 is 1.32 bits per heavy atom. The summed E-state index contributed by atoms with van der Waals surface area (Å²) in [5, 5.41) is 9.10. The SMILES string of the molecule is CN(c1cc(=O)n(C)c2ccc(C#N)nc12)C1CCCCC1. The lowest BCUT2D eigenvalue weighted by atomic mass is 9.94. The van der Waals surface area contributed by atoms with Crippen molar-refractivity contribution in [1.29, 1.82) is 5.26 Å². The number of nitriles is 1. The molecule has 0 aromatic carbocycles. The standard InChI is InChI=1S/C17H20N4O/c1-20(13-6-4-3-5-7-13)15-10-16(22)21(2)14-9-8-12(11-18)19-17(14)15/h8-10,13H,3-7H2,1-2H3. The van der Waals surface area contributed by atoms with Crippen LogP contribution in [0.25, 0.3) is 11.0 Å². The van der Waals surface area contributed by atoms with Crippen molar-refractivity contribution in [1.82, 2.24) is 9.55 Å². The van der Waals surface area contributed by atoms with Gasteiger partial charge in [0.15, 0.2) is 0 Å². The summed E-state index contributed by atoms with van der Waals surface area (Å²) in [5.41, 5.74) is 2.67. The Bertz CT molecular complexity index is 797. The van der Waals surface area contributed by atoms with E-state index in [2.05, 4.69) is 16.0 Å². The second kappa shape index (κ2) is 5.80. The number of aryl methyl sites for hydroxylation is 1. The third-order valence-corrected chi connectivity index (χ3v) is 4.69. The first-order valence-corrected chi connectivity index (χ1v) is 7.75. The average molecular weight is 296 g/mol. The van der Waals surface area contributed by atoms with Gasteiger partial charge in [-0.2, -0.15) is 5.26 Å². The molecule has 1 saturated carbocycles. The van der Waals surface area contributed by atoms with Crippen molar-refractivity contribution in [2.75, 3.05) is 11.9 Å². The molecule has 0 bridgehead atoms. The van der Waals surface area contributed by atoms with Crippen molar-refractivity contribution in [3.63, 3.8) is 0 Å². The molecule has 0 spiro atoms. The molecule has 0 N–H and O–H groups in total. The van der Waals surface area contributed by atoms with E-state index in [9.17, 15) is 4.79 Å². The van der Waals surface area contributed by atoms with Crippen molar-refractivity contribution in [2.45, 2.75) is 38.1 Å². The molecule has 2 aromatic rings. The molecular weight excluding hydrogens is 276 g/mol. The summed E-state index contributed by atoms with van der Waals surface area (Å²) in [6, 6.07) is 7.63. The van der Waals surface area contributed by atoms with Crippen LogP contribution >= 0.6 is 0 Å². The Kier molecular flexibility index (Phi) is 3.84. The highest BCUT2D eigenvalue weighted by molar-refractivity contribution is 5.88. The minimum atomic E-state index is -0.0448. The third kappa shape index (κ3) is 2.45. The molecule has 0 amide bonds. The van der Waals surface area contributed by atoms with Crippen LogP contribution in [0.1, 0.15) is 37.8 Å². The molecule has 0 unspecified atom stereocenters. The van der Waals surface area contributed by atoms with Crippen molar-refractivity contribution < 1.29 is 0 Å². The molecular formula is C17H20N4O. The second-order valence-corrected chi connectivity index (χ2v) is 6.01. The van der Waals surface area contributed by atoms with Crippen molar-refractivity contribution in [3.05, 3.63) is 34.2 Å². The van der Waals surface area contributed by atoms with Crippen molar-refractivity contribution in [2.24, 2.45) is 7.05 Å². The van der Waals surface area contributed by atoms with Gasteiger partial charge in [0.2, 0.25) is 0 Å². The molecule has 3 rings (SSSR count). The number of nitrogens with zero attached hydrogens (tertiary/aromatic N) is 4. The highest BCUT2D eigenvalue weighted by Crippen LogP contribution is 2.29. The van der Waals surface area contributed by atoms with Crippen molar-refractivity contribution >= 4 is 16.7 Å². The van der Waals surface area contributed by atoms with Gasteiger partial charge in [0, 0.05) is 26.2 Å². The topological polar surface area (TPSA) is 61.9 Å². The minimum Gasteiger partial charge on any atom is -0.370 e. The predicted molar refractivity (Wildman–Crippen MR) is 87.0 cm³/mol. The quantitative estimate of drug-likeness (QED) is 0.854. The molecule has 5 nitrogen and oxygen atoms in total. The maximum atomic E-state index is 12.2. The molecule has 0 saturated heterocycles. The number of fused-ring (bicyclic) bond motifs is 1. The third-order valence-electron chi connectivity index (χ3n) is 4.69. The van der Waals surface area contributed by atoms with E-state index in [1.165, 1.54) is 19.3 Å². The average Bonchev–Trinajstić information content (AvgIpc) is 2.57. The fourth-order valence-electron chi connectivity index (χ4n) is 3.31. The van der Waals surface area contributed by atoms with E-state index in [1.807, 2.05) is 7.05 Å². The summed E-state index contributed by atoms with van der Waals surface area (Å²) in [6.45, 7) is 0. The highest BCUT2D eigenvalue weighted by atomic mass is 16.1. The molecule has 5 heteroatoms. The number of rotatable bonds is 2. The van der Waals surface area contributed by atoms with Crippen molar-refractivity contribution in [3.8, 4) is 6.07 Å². The van der Waals surface area contributed by atoms with Crippen LogP contribution in [0.2, 0.25) is 0 Å². The van der Waals surface area contributed by atoms with Gasteiger partial charge >= 0.3 is 0 Å². The summed E-state index contributed by atoms with van der Waals surface area (Å²) in [7, 11) is 3.77. The molecule has 2 aromatic heterocycles. The fraction of sp³-hybridized carbons (Fsp3) is 0.471. The van der Waals surface area contributed by atoms with Gasteiger partial charge in [0.25, 0.3) is 5.56 Å². The first-order chi connectivity index (χ1) is 10.6. The number of anilines is 1. The van der Waals surface area contributed by atoms with Crippen LogP contribution < -0.4 is 10.5 Å². The van der Waals surface area contributed by atoms with Gasteiger partial charge in [-0.25, -0.2) is 4.98 Å². The van der Waals surface area contributed by atoms with Crippen LogP contribution in [-0.2, 0) is 7.05 Å². The molecule has 1 aliphatic carbocycles. The zero-order valence-electron chi connectivity index (χ0n) is 13.0. The lowest BCUT2D eigenvalue weighted by Gasteiger charge is -2.33. The van der Waals surface area contributed by atoms with E-state index in [-0.39, 0.29) is 5.56 Å². The van der Waals surface area contributed by atoms with Gasteiger partial charge in [-0.1, -0.05) is 19.3 Å². The second-order valence-electron chi connectivity index (χ2n) is 6.01. The molecule has 114 valence electrons. The van der Waals surface area contributed by atoms with Gasteiger partial charge < -0.3 is 9.47 Å². The zero-order chi connectivity index (χ0) is 15.7. The Balaban J connectivity index is 2.17. The summed E-state index contributed by atoms with van der Waals surface area (Å²) in [6.07, 6.45) is 6.04. The van der Waals surface area contributed by atoms with Gasteiger partial charge in [0.05, 0.1) is 11.2 Å². The van der Waals surface area contributed by atoms with Gasteiger partial charge in [-0.05, 0) is 25.0 Å². The van der Waals surface area contributed by atoms with E-state index in [1.54, 1.807) is 29.8 Å². The Labute approximate surface area is 129 Å². The maximum Gasteiger partial charge on any atom is 0.252 e. The molecule has 22 heavy (non-hydrogen) atoms. The number of hydrogen-bond acceptors (Lipinski definition) is 4. The van der Waals surface area contributed by atoms with E-state index in [0.29, 0.717) is 11.7 Å². The number of hydrogen-bond donors (Lipinski definition) is 0. The Morgan fingerprint density at radius 3 is 2.73 bits per heavy atom. The summed E-state index contributed by atoms with van der Waals surface area (Å²) < 4.78 is 1.59. The van der Waals surface area contributed by atoms with Crippen LogP contribution in [0.4, 0.5) is 5.69 Å². The van der Waals surface area contributed by atoms with Crippen LogP contribution in [0.3, 0.4) is 0 Å². The molecule has 1 aliphatic rings. The van der Waals surface area contributed by atoms with Crippen LogP contribution in [0.15, 0.2) is 23.0 Å².